The standard InChI is InChI=1S/C2H2ClF3.H3N/c3-2(5,6)1-4;/h1H2;1H3. The average Bonchev–Trinajstić information content (AvgIpc) is 1.35. The first-order valence-electron chi connectivity index (χ1n) is 1.19. The van der Waals surface area contributed by atoms with Crippen molar-refractivity contribution in [1.29, 1.82) is 0 Å². The minimum atomic E-state index is -3.65. The van der Waals surface area contributed by atoms with Crippen LogP contribution >= 0.6 is 11.6 Å². The second kappa shape index (κ2) is 3.10. The van der Waals surface area contributed by atoms with Crippen molar-refractivity contribution < 1.29 is 13.2 Å². The molecule has 0 bridgehead atoms. The summed E-state index contributed by atoms with van der Waals surface area (Å²) in [6.07, 6.45) is 0. The van der Waals surface area contributed by atoms with Crippen LogP contribution < -0.4 is 6.15 Å². The van der Waals surface area contributed by atoms with Gasteiger partial charge in [-0.25, -0.2) is 4.39 Å². The normalized spacial score (nSPS) is 10.3. The Kier molecular flexibility index (Phi) is 4.47. The molecule has 3 N–H and O–H groups in total. The molecule has 46 valence electrons. The molecule has 0 saturated carbocycles. The van der Waals surface area contributed by atoms with Gasteiger partial charge in [0.1, 0.15) is 0 Å². The van der Waals surface area contributed by atoms with E-state index in [0.29, 0.717) is 0 Å². The van der Waals surface area contributed by atoms with E-state index in [2.05, 4.69) is 11.6 Å². The highest BCUT2D eigenvalue weighted by Gasteiger charge is 2.23. The van der Waals surface area contributed by atoms with Crippen molar-refractivity contribution in [3.05, 3.63) is 0 Å². The molecule has 0 fully saturated rings. The number of hydrogen-bond acceptors (Lipinski definition) is 1. The van der Waals surface area contributed by atoms with Crippen molar-refractivity contribution in [2.75, 3.05) is 6.67 Å². The summed E-state index contributed by atoms with van der Waals surface area (Å²) in [7, 11) is 0. The van der Waals surface area contributed by atoms with Gasteiger partial charge in [-0.05, 0) is 11.6 Å². The minimum absolute atomic E-state index is 0. The molecule has 0 saturated heterocycles. The van der Waals surface area contributed by atoms with E-state index in [1.807, 2.05) is 0 Å². The molecular formula is C2H5ClF3N. The third-order valence-electron chi connectivity index (χ3n) is 0.152. The Morgan fingerprint density at radius 2 is 1.57 bits per heavy atom. The van der Waals surface area contributed by atoms with Gasteiger partial charge in [0, 0.05) is 0 Å². The van der Waals surface area contributed by atoms with Crippen molar-refractivity contribution in [2.45, 2.75) is 5.38 Å². The summed E-state index contributed by atoms with van der Waals surface area (Å²) in [5, 5.41) is -3.65. The van der Waals surface area contributed by atoms with Crippen molar-refractivity contribution in [2.24, 2.45) is 0 Å². The zero-order valence-corrected chi connectivity index (χ0v) is 4.18. The van der Waals surface area contributed by atoms with Crippen LogP contribution in [0.4, 0.5) is 13.2 Å². The number of hydrogen-bond donors (Lipinski definition) is 1. The smallest absolute Gasteiger partial charge is 0.344 e. The third kappa shape index (κ3) is 10.7. The maximum atomic E-state index is 10.8. The molecule has 0 unspecified atom stereocenters. The van der Waals surface area contributed by atoms with Crippen LogP contribution in [0.1, 0.15) is 0 Å². The van der Waals surface area contributed by atoms with Gasteiger partial charge in [-0.1, -0.05) is 0 Å². The van der Waals surface area contributed by atoms with Gasteiger partial charge in [0.2, 0.25) is 0 Å². The molecule has 0 atom stereocenters. The summed E-state index contributed by atoms with van der Waals surface area (Å²) in [6, 6.07) is 0. The summed E-state index contributed by atoms with van der Waals surface area (Å²) in [6.45, 7) is -1.80. The van der Waals surface area contributed by atoms with E-state index in [4.69, 9.17) is 0 Å². The van der Waals surface area contributed by atoms with Gasteiger partial charge in [-0.2, -0.15) is 8.78 Å². The lowest BCUT2D eigenvalue weighted by molar-refractivity contribution is 0.0653. The van der Waals surface area contributed by atoms with Gasteiger partial charge in [0.05, 0.1) is 0 Å². The van der Waals surface area contributed by atoms with Gasteiger partial charge < -0.3 is 6.15 Å². The van der Waals surface area contributed by atoms with Gasteiger partial charge in [-0.3, -0.25) is 0 Å². The first-order valence-corrected chi connectivity index (χ1v) is 1.57. The lowest BCUT2D eigenvalue weighted by Crippen LogP contribution is -2.06. The fourth-order valence-electron chi connectivity index (χ4n) is 0. The molecule has 7 heavy (non-hydrogen) atoms. The zero-order valence-electron chi connectivity index (χ0n) is 3.43. The van der Waals surface area contributed by atoms with E-state index in [0.717, 1.165) is 0 Å². The fourth-order valence-corrected chi connectivity index (χ4v) is 0. The highest BCUT2D eigenvalue weighted by atomic mass is 35.5. The van der Waals surface area contributed by atoms with E-state index in [1.54, 1.807) is 0 Å². The lowest BCUT2D eigenvalue weighted by Gasteiger charge is -1.95. The van der Waals surface area contributed by atoms with Gasteiger partial charge in [-0.15, -0.1) is 0 Å². The van der Waals surface area contributed by atoms with Crippen LogP contribution in [0, 0.1) is 0 Å². The van der Waals surface area contributed by atoms with E-state index in [9.17, 15) is 13.2 Å². The lowest BCUT2D eigenvalue weighted by atomic mass is 10.8. The summed E-state index contributed by atoms with van der Waals surface area (Å²) in [4.78, 5) is 0. The molecule has 0 rings (SSSR count). The minimum Gasteiger partial charge on any atom is -0.344 e. The van der Waals surface area contributed by atoms with E-state index in [-0.39, 0.29) is 6.15 Å². The van der Waals surface area contributed by atoms with E-state index < -0.39 is 12.1 Å². The molecule has 1 nitrogen and oxygen atoms in total. The Morgan fingerprint density at radius 1 is 1.43 bits per heavy atom. The molecule has 5 heteroatoms. The van der Waals surface area contributed by atoms with Crippen molar-refractivity contribution in [1.82, 2.24) is 6.15 Å². The van der Waals surface area contributed by atoms with Crippen LogP contribution in [0.15, 0.2) is 0 Å². The van der Waals surface area contributed by atoms with Crippen molar-refractivity contribution in [3.63, 3.8) is 0 Å². The van der Waals surface area contributed by atoms with E-state index in [1.165, 1.54) is 0 Å². The predicted molar refractivity (Wildman–Crippen MR) is 21.8 cm³/mol. The molecule has 0 aromatic heterocycles. The Morgan fingerprint density at radius 3 is 1.57 bits per heavy atom. The Bertz CT molecular complexity index is 42.7. The van der Waals surface area contributed by atoms with Crippen LogP contribution in [0.25, 0.3) is 0 Å². The molecule has 0 aliphatic carbocycles. The Labute approximate surface area is 44.0 Å². The molecule has 0 amide bonds. The third-order valence-corrected chi connectivity index (χ3v) is 0.253. The van der Waals surface area contributed by atoms with Gasteiger partial charge in [0.25, 0.3) is 0 Å². The fraction of sp³-hybridized carbons (Fsp3) is 1.00. The highest BCUT2D eigenvalue weighted by Crippen LogP contribution is 2.17. The average molecular weight is 136 g/mol. The molecule has 0 aromatic carbocycles. The summed E-state index contributed by atoms with van der Waals surface area (Å²) in [5.74, 6) is 0. The number of alkyl halides is 4. The SMILES string of the molecule is FCC(F)(F)Cl.N. The summed E-state index contributed by atoms with van der Waals surface area (Å²) in [5.41, 5.74) is 0. The largest absolute Gasteiger partial charge is 0.349 e. The van der Waals surface area contributed by atoms with Crippen LogP contribution in [-0.2, 0) is 0 Å². The van der Waals surface area contributed by atoms with Crippen molar-refractivity contribution >= 4 is 11.6 Å². The molecule has 0 spiro atoms. The maximum Gasteiger partial charge on any atom is 0.349 e. The highest BCUT2D eigenvalue weighted by molar-refractivity contribution is 6.21. The monoisotopic (exact) mass is 135 g/mol. The topological polar surface area (TPSA) is 35.0 Å². The molecular weight excluding hydrogens is 130 g/mol. The first kappa shape index (κ1) is 10.1. The zero-order chi connectivity index (χ0) is 5.21. The summed E-state index contributed by atoms with van der Waals surface area (Å²) < 4.78 is 32.3. The van der Waals surface area contributed by atoms with Crippen LogP contribution in [0.3, 0.4) is 0 Å². The second-order valence-electron chi connectivity index (χ2n) is 0.749. The Hall–Kier alpha value is 0.0400. The van der Waals surface area contributed by atoms with Gasteiger partial charge >= 0.3 is 5.38 Å². The molecule has 0 aromatic rings. The number of rotatable bonds is 1. The molecule has 0 aliphatic heterocycles. The first-order chi connectivity index (χ1) is 2.56. The number of halogens is 4. The quantitative estimate of drug-likeness (QED) is 0.548. The predicted octanol–water partition coefficient (Wildman–Crippen LogP) is 1.95. The van der Waals surface area contributed by atoms with Crippen LogP contribution in [0.2, 0.25) is 0 Å². The van der Waals surface area contributed by atoms with Crippen LogP contribution in [-0.4, -0.2) is 12.1 Å². The molecule has 0 aliphatic rings. The maximum absolute atomic E-state index is 10.8. The van der Waals surface area contributed by atoms with Crippen LogP contribution in [0.5, 0.6) is 0 Å². The second-order valence-corrected chi connectivity index (χ2v) is 1.30. The Balaban J connectivity index is 0. The van der Waals surface area contributed by atoms with E-state index >= 15 is 0 Å². The molecule has 0 radical (unpaired) electrons. The molecule has 0 heterocycles. The summed E-state index contributed by atoms with van der Waals surface area (Å²) >= 11 is 4.01. The van der Waals surface area contributed by atoms with Gasteiger partial charge in [0.15, 0.2) is 6.67 Å². The van der Waals surface area contributed by atoms with Crippen molar-refractivity contribution in [3.8, 4) is 0 Å².